The molecule has 30 heavy (non-hydrogen) atoms. The standard InChI is InChI=1S/C21H30Cl2N2O5/c1-21(2,3)18-11-25(20(27)28)9-14(13-6-7-15(22)16(23)8-13)17(30-18)10-24(4)19(26)12-29-5/h6-8,14,17-18H,9-12H2,1-5H3,(H,27,28)/t14-,17+,18?/m0/s1. The minimum Gasteiger partial charge on any atom is -0.465 e. The largest absolute Gasteiger partial charge is 0.465 e. The molecule has 1 aromatic carbocycles. The van der Waals surface area contributed by atoms with Crippen molar-refractivity contribution in [1.82, 2.24) is 9.80 Å². The van der Waals surface area contributed by atoms with E-state index in [0.29, 0.717) is 10.0 Å². The maximum Gasteiger partial charge on any atom is 0.407 e. The quantitative estimate of drug-likeness (QED) is 0.718. The lowest BCUT2D eigenvalue weighted by atomic mass is 9.88. The average molecular weight is 461 g/mol. The molecule has 0 aliphatic carbocycles. The van der Waals surface area contributed by atoms with Crippen LogP contribution in [0.2, 0.25) is 10.0 Å². The van der Waals surface area contributed by atoms with Crippen molar-refractivity contribution in [3.8, 4) is 0 Å². The van der Waals surface area contributed by atoms with Gasteiger partial charge in [-0.2, -0.15) is 0 Å². The smallest absolute Gasteiger partial charge is 0.407 e. The van der Waals surface area contributed by atoms with Gasteiger partial charge < -0.3 is 24.4 Å². The fraction of sp³-hybridized carbons (Fsp3) is 0.619. The van der Waals surface area contributed by atoms with Crippen LogP contribution >= 0.6 is 23.2 Å². The van der Waals surface area contributed by atoms with Gasteiger partial charge >= 0.3 is 6.09 Å². The highest BCUT2D eigenvalue weighted by Gasteiger charge is 2.40. The highest BCUT2D eigenvalue weighted by Crippen LogP contribution is 2.35. The molecule has 7 nitrogen and oxygen atoms in total. The summed E-state index contributed by atoms with van der Waals surface area (Å²) < 4.78 is 11.4. The third-order valence-electron chi connectivity index (χ3n) is 5.35. The zero-order valence-corrected chi connectivity index (χ0v) is 19.5. The Balaban J connectivity index is 2.46. The van der Waals surface area contributed by atoms with Crippen molar-refractivity contribution in [2.24, 2.45) is 5.41 Å². The molecule has 1 unspecified atom stereocenters. The number of likely N-dealkylation sites (N-methyl/N-ethyl adjacent to an activating group) is 1. The Morgan fingerprint density at radius 2 is 1.93 bits per heavy atom. The van der Waals surface area contributed by atoms with E-state index in [0.717, 1.165) is 5.56 Å². The molecule has 1 N–H and O–H groups in total. The van der Waals surface area contributed by atoms with Crippen molar-refractivity contribution in [2.45, 2.75) is 38.9 Å². The molecule has 3 atom stereocenters. The van der Waals surface area contributed by atoms with E-state index in [1.807, 2.05) is 26.8 Å². The average Bonchev–Trinajstić information content (AvgIpc) is 2.84. The molecule has 0 saturated carbocycles. The molecule has 168 valence electrons. The molecular formula is C21H30Cl2N2O5. The van der Waals surface area contributed by atoms with Gasteiger partial charge in [0.1, 0.15) is 6.61 Å². The third kappa shape index (κ3) is 6.23. The summed E-state index contributed by atoms with van der Waals surface area (Å²) in [7, 11) is 3.15. The number of amides is 2. The number of benzene rings is 1. The molecular weight excluding hydrogens is 431 g/mol. The van der Waals surface area contributed by atoms with E-state index in [9.17, 15) is 14.7 Å². The predicted octanol–water partition coefficient (Wildman–Crippen LogP) is 3.98. The van der Waals surface area contributed by atoms with Gasteiger partial charge in [0.15, 0.2) is 0 Å². The molecule has 2 rings (SSSR count). The summed E-state index contributed by atoms with van der Waals surface area (Å²) in [5.74, 6) is -0.512. The summed E-state index contributed by atoms with van der Waals surface area (Å²) in [6.07, 6.45) is -1.80. The summed E-state index contributed by atoms with van der Waals surface area (Å²) in [6, 6.07) is 5.25. The van der Waals surface area contributed by atoms with Crippen LogP contribution in [0.3, 0.4) is 0 Å². The van der Waals surface area contributed by atoms with Crippen LogP contribution in [0.25, 0.3) is 0 Å². The van der Waals surface area contributed by atoms with Crippen molar-refractivity contribution in [1.29, 1.82) is 0 Å². The number of nitrogens with zero attached hydrogens (tertiary/aromatic N) is 2. The molecule has 1 aliphatic heterocycles. The van der Waals surface area contributed by atoms with Crippen molar-refractivity contribution in [3.05, 3.63) is 33.8 Å². The van der Waals surface area contributed by atoms with Gasteiger partial charge in [-0.25, -0.2) is 4.79 Å². The number of hydrogen-bond acceptors (Lipinski definition) is 4. The van der Waals surface area contributed by atoms with Gasteiger partial charge in [0.05, 0.1) is 28.8 Å². The van der Waals surface area contributed by atoms with Gasteiger partial charge in [0, 0.05) is 33.2 Å². The Hall–Kier alpha value is -1.54. The molecule has 2 amide bonds. The number of hydrogen-bond donors (Lipinski definition) is 1. The number of carbonyl (C=O) groups is 2. The first-order valence-electron chi connectivity index (χ1n) is 9.75. The first kappa shape index (κ1) is 24.7. The Morgan fingerprint density at radius 3 is 2.47 bits per heavy atom. The fourth-order valence-electron chi connectivity index (χ4n) is 3.45. The minimum absolute atomic E-state index is 0.0371. The number of carboxylic acid groups (broad SMARTS) is 1. The van der Waals surface area contributed by atoms with Gasteiger partial charge in [-0.3, -0.25) is 4.79 Å². The van der Waals surface area contributed by atoms with E-state index in [-0.39, 0.29) is 49.6 Å². The molecule has 0 radical (unpaired) electrons. The Morgan fingerprint density at radius 1 is 1.27 bits per heavy atom. The maximum atomic E-state index is 12.3. The summed E-state index contributed by atoms with van der Waals surface area (Å²) in [6.45, 7) is 6.73. The van der Waals surface area contributed by atoms with Crippen molar-refractivity contribution in [2.75, 3.05) is 40.4 Å². The molecule has 9 heteroatoms. The van der Waals surface area contributed by atoms with Crippen LogP contribution in [0.15, 0.2) is 18.2 Å². The molecule has 1 saturated heterocycles. The SMILES string of the molecule is COCC(=O)N(C)C[C@H]1OC(C(C)(C)C)CN(C(=O)O)C[C@H]1c1ccc(Cl)c(Cl)c1. The van der Waals surface area contributed by atoms with Crippen LogP contribution in [0.4, 0.5) is 4.79 Å². The maximum absolute atomic E-state index is 12.3. The van der Waals surface area contributed by atoms with Gasteiger partial charge in [-0.1, -0.05) is 50.0 Å². The monoisotopic (exact) mass is 460 g/mol. The second-order valence-electron chi connectivity index (χ2n) is 8.70. The van der Waals surface area contributed by atoms with Crippen LogP contribution in [-0.4, -0.2) is 79.5 Å². The highest BCUT2D eigenvalue weighted by molar-refractivity contribution is 6.42. The third-order valence-corrected chi connectivity index (χ3v) is 6.09. The lowest BCUT2D eigenvalue weighted by molar-refractivity contribution is -0.137. The van der Waals surface area contributed by atoms with Crippen molar-refractivity contribution in [3.63, 3.8) is 0 Å². The Kier molecular flexibility index (Phi) is 8.39. The van der Waals surface area contributed by atoms with E-state index in [2.05, 4.69) is 0 Å². The Bertz CT molecular complexity index is 768. The van der Waals surface area contributed by atoms with Gasteiger partial charge in [-0.15, -0.1) is 0 Å². The van der Waals surface area contributed by atoms with Crippen LogP contribution < -0.4 is 0 Å². The summed E-state index contributed by atoms with van der Waals surface area (Å²) in [5.41, 5.74) is 0.510. The van der Waals surface area contributed by atoms with E-state index >= 15 is 0 Å². The molecule has 1 aliphatic rings. The van der Waals surface area contributed by atoms with Crippen LogP contribution in [-0.2, 0) is 14.3 Å². The van der Waals surface area contributed by atoms with Crippen molar-refractivity contribution < 1.29 is 24.2 Å². The van der Waals surface area contributed by atoms with Crippen molar-refractivity contribution >= 4 is 35.2 Å². The number of halogens is 2. The van der Waals surface area contributed by atoms with Gasteiger partial charge in [0.25, 0.3) is 0 Å². The Labute approximate surface area is 187 Å². The first-order valence-corrected chi connectivity index (χ1v) is 10.5. The number of methoxy groups -OCH3 is 1. The van der Waals surface area contributed by atoms with Crippen LogP contribution in [0.1, 0.15) is 32.3 Å². The second kappa shape index (κ2) is 10.2. The van der Waals surface area contributed by atoms with E-state index in [4.69, 9.17) is 32.7 Å². The summed E-state index contributed by atoms with van der Waals surface area (Å²) >= 11 is 12.3. The van der Waals surface area contributed by atoms with Crippen LogP contribution in [0, 0.1) is 5.41 Å². The first-order chi connectivity index (χ1) is 13.9. The molecule has 0 aromatic heterocycles. The number of ether oxygens (including phenoxy) is 2. The predicted molar refractivity (Wildman–Crippen MR) is 116 cm³/mol. The minimum atomic E-state index is -1.01. The summed E-state index contributed by atoms with van der Waals surface area (Å²) in [5, 5.41) is 10.6. The van der Waals surface area contributed by atoms with E-state index in [1.54, 1.807) is 24.1 Å². The highest BCUT2D eigenvalue weighted by atomic mass is 35.5. The second-order valence-corrected chi connectivity index (χ2v) is 9.52. The normalized spacial score (nSPS) is 22.5. The molecule has 1 heterocycles. The topological polar surface area (TPSA) is 79.3 Å². The molecule has 1 aromatic rings. The van der Waals surface area contributed by atoms with Gasteiger partial charge in [-0.05, 0) is 23.1 Å². The van der Waals surface area contributed by atoms with E-state index < -0.39 is 12.2 Å². The lowest BCUT2D eigenvalue weighted by Gasteiger charge is -2.35. The van der Waals surface area contributed by atoms with E-state index in [1.165, 1.54) is 12.0 Å². The lowest BCUT2D eigenvalue weighted by Crippen LogP contribution is -2.44. The number of rotatable bonds is 5. The zero-order valence-electron chi connectivity index (χ0n) is 18.0. The zero-order chi connectivity index (χ0) is 22.6. The van der Waals surface area contributed by atoms with Crippen LogP contribution in [0.5, 0.6) is 0 Å². The molecule has 0 bridgehead atoms. The molecule has 1 fully saturated rings. The summed E-state index contributed by atoms with van der Waals surface area (Å²) in [4.78, 5) is 27.2. The van der Waals surface area contributed by atoms with Gasteiger partial charge in [0.2, 0.25) is 5.91 Å². The fourth-order valence-corrected chi connectivity index (χ4v) is 3.76. The number of carbonyl (C=O) groups excluding carboxylic acids is 1. The molecule has 0 spiro atoms.